The molecule has 1 nitrogen and oxygen atoms in total. The second kappa shape index (κ2) is 6.59. The van der Waals surface area contributed by atoms with Crippen molar-refractivity contribution < 1.29 is 0 Å². The minimum atomic E-state index is 1.10. The molecule has 0 amide bonds. The van der Waals surface area contributed by atoms with Crippen LogP contribution in [-0.2, 0) is 6.54 Å². The van der Waals surface area contributed by atoms with Crippen LogP contribution in [0.5, 0.6) is 0 Å². The topological polar surface area (TPSA) is 3.24 Å². The number of nitrogens with zero attached hydrogens (tertiary/aromatic N) is 1. The van der Waals surface area contributed by atoms with Crippen LogP contribution in [0, 0.1) is 0 Å². The molecule has 1 heterocycles. The number of rotatable bonds is 6. The fourth-order valence-electron chi connectivity index (χ4n) is 1.54. The van der Waals surface area contributed by atoms with Crippen LogP contribution < -0.4 is 0 Å². The van der Waals surface area contributed by atoms with Crippen LogP contribution in [0.4, 0.5) is 0 Å². The van der Waals surface area contributed by atoms with E-state index in [1.807, 2.05) is 11.3 Å². The molecule has 0 radical (unpaired) electrons. The number of hydrogen-bond donors (Lipinski definition) is 0. The lowest BCUT2D eigenvalue weighted by molar-refractivity contribution is 0.268. The van der Waals surface area contributed by atoms with Crippen LogP contribution >= 0.6 is 27.3 Å². The molecule has 0 atom stereocenters. The summed E-state index contributed by atoms with van der Waals surface area (Å²) in [5.74, 6) is 0. The van der Waals surface area contributed by atoms with E-state index in [-0.39, 0.29) is 0 Å². The molecule has 0 saturated carbocycles. The van der Waals surface area contributed by atoms with E-state index in [2.05, 4.69) is 46.1 Å². The SMILES string of the molecule is CCCN(CCC)Cc1sccc1Br. The zero-order valence-electron chi connectivity index (χ0n) is 8.92. The number of halogens is 1. The van der Waals surface area contributed by atoms with Gasteiger partial charge < -0.3 is 0 Å². The van der Waals surface area contributed by atoms with Crippen LogP contribution in [0.25, 0.3) is 0 Å². The molecule has 80 valence electrons. The highest BCUT2D eigenvalue weighted by Crippen LogP contribution is 2.24. The molecule has 14 heavy (non-hydrogen) atoms. The van der Waals surface area contributed by atoms with E-state index in [9.17, 15) is 0 Å². The quantitative estimate of drug-likeness (QED) is 0.755. The summed E-state index contributed by atoms with van der Waals surface area (Å²) in [7, 11) is 0. The van der Waals surface area contributed by atoms with Crippen molar-refractivity contribution in [2.75, 3.05) is 13.1 Å². The summed E-state index contributed by atoms with van der Waals surface area (Å²) >= 11 is 5.42. The highest BCUT2D eigenvalue weighted by Gasteiger charge is 2.07. The van der Waals surface area contributed by atoms with Gasteiger partial charge in [-0.05, 0) is 53.3 Å². The standard InChI is InChI=1S/C11H18BrNS/c1-3-6-13(7-4-2)9-11-10(12)5-8-14-11/h5,8H,3-4,6-7,9H2,1-2H3. The van der Waals surface area contributed by atoms with E-state index in [4.69, 9.17) is 0 Å². The van der Waals surface area contributed by atoms with E-state index >= 15 is 0 Å². The van der Waals surface area contributed by atoms with Crippen LogP contribution in [0.2, 0.25) is 0 Å². The molecule has 0 aromatic carbocycles. The second-order valence-corrected chi connectivity index (χ2v) is 5.32. The molecule has 0 spiro atoms. The van der Waals surface area contributed by atoms with Gasteiger partial charge in [-0.25, -0.2) is 0 Å². The third-order valence-corrected chi connectivity index (χ3v) is 4.05. The van der Waals surface area contributed by atoms with Crippen molar-refractivity contribution in [2.45, 2.75) is 33.2 Å². The Labute approximate surface area is 99.3 Å². The molecule has 0 unspecified atom stereocenters. The summed E-state index contributed by atoms with van der Waals surface area (Å²) < 4.78 is 1.26. The summed E-state index contributed by atoms with van der Waals surface area (Å²) in [4.78, 5) is 3.98. The summed E-state index contributed by atoms with van der Waals surface area (Å²) in [5, 5.41) is 2.15. The molecule has 0 aliphatic heterocycles. The molecule has 1 aromatic rings. The maximum absolute atomic E-state index is 3.58. The molecule has 1 rings (SSSR count). The van der Waals surface area contributed by atoms with Crippen LogP contribution in [-0.4, -0.2) is 18.0 Å². The van der Waals surface area contributed by atoms with Gasteiger partial charge in [-0.3, -0.25) is 4.90 Å². The monoisotopic (exact) mass is 275 g/mol. The van der Waals surface area contributed by atoms with Crippen molar-refractivity contribution in [3.05, 3.63) is 20.8 Å². The van der Waals surface area contributed by atoms with Crippen molar-refractivity contribution in [3.8, 4) is 0 Å². The zero-order chi connectivity index (χ0) is 10.4. The van der Waals surface area contributed by atoms with Gasteiger partial charge in [0.1, 0.15) is 0 Å². The maximum Gasteiger partial charge on any atom is 0.0339 e. The molecular weight excluding hydrogens is 258 g/mol. The van der Waals surface area contributed by atoms with Gasteiger partial charge in [-0.1, -0.05) is 13.8 Å². The Morgan fingerprint density at radius 2 is 1.93 bits per heavy atom. The smallest absolute Gasteiger partial charge is 0.0339 e. The Balaban J connectivity index is 2.50. The van der Waals surface area contributed by atoms with Gasteiger partial charge >= 0.3 is 0 Å². The molecular formula is C11H18BrNS. The van der Waals surface area contributed by atoms with Gasteiger partial charge in [0.05, 0.1) is 0 Å². The van der Waals surface area contributed by atoms with E-state index in [1.54, 1.807) is 0 Å². The molecule has 0 saturated heterocycles. The minimum absolute atomic E-state index is 1.10. The minimum Gasteiger partial charge on any atom is -0.298 e. The van der Waals surface area contributed by atoms with Crippen LogP contribution in [0.15, 0.2) is 15.9 Å². The summed E-state index contributed by atoms with van der Waals surface area (Å²) in [5.41, 5.74) is 0. The molecule has 1 aromatic heterocycles. The predicted octanol–water partition coefficient (Wildman–Crippen LogP) is 4.13. The van der Waals surface area contributed by atoms with Crippen molar-refractivity contribution in [1.29, 1.82) is 0 Å². The number of hydrogen-bond acceptors (Lipinski definition) is 2. The maximum atomic E-state index is 3.58. The van der Waals surface area contributed by atoms with E-state index in [0.717, 1.165) is 6.54 Å². The Hall–Kier alpha value is 0.140. The van der Waals surface area contributed by atoms with Gasteiger partial charge in [-0.2, -0.15) is 0 Å². The lowest BCUT2D eigenvalue weighted by Gasteiger charge is -2.20. The highest BCUT2D eigenvalue weighted by atomic mass is 79.9. The second-order valence-electron chi connectivity index (χ2n) is 3.47. The number of thiophene rings is 1. The lowest BCUT2D eigenvalue weighted by atomic mass is 10.3. The lowest BCUT2D eigenvalue weighted by Crippen LogP contribution is -2.24. The third-order valence-electron chi connectivity index (χ3n) is 2.14. The first-order chi connectivity index (χ1) is 6.77. The Morgan fingerprint density at radius 1 is 1.29 bits per heavy atom. The van der Waals surface area contributed by atoms with Gasteiger partial charge in [0.2, 0.25) is 0 Å². The van der Waals surface area contributed by atoms with Crippen LogP contribution in [0.1, 0.15) is 31.6 Å². The first kappa shape index (κ1) is 12.2. The fraction of sp³-hybridized carbons (Fsp3) is 0.636. The normalized spacial score (nSPS) is 11.1. The average Bonchev–Trinajstić information content (AvgIpc) is 2.53. The zero-order valence-corrected chi connectivity index (χ0v) is 11.3. The van der Waals surface area contributed by atoms with Gasteiger partial charge in [0.15, 0.2) is 0 Å². The van der Waals surface area contributed by atoms with Gasteiger partial charge in [-0.15, -0.1) is 11.3 Å². The van der Waals surface area contributed by atoms with E-state index < -0.39 is 0 Å². The summed E-state index contributed by atoms with van der Waals surface area (Å²) in [6.07, 6.45) is 2.48. The highest BCUT2D eigenvalue weighted by molar-refractivity contribution is 9.10. The van der Waals surface area contributed by atoms with E-state index in [1.165, 1.54) is 35.3 Å². The Bertz CT molecular complexity index is 254. The Morgan fingerprint density at radius 3 is 2.36 bits per heavy atom. The fourth-order valence-corrected chi connectivity index (χ4v) is 3.06. The summed E-state index contributed by atoms with van der Waals surface area (Å²) in [6, 6.07) is 2.13. The molecule has 3 heteroatoms. The molecule has 0 fully saturated rings. The molecule has 0 aliphatic rings. The van der Waals surface area contributed by atoms with E-state index in [0.29, 0.717) is 0 Å². The van der Waals surface area contributed by atoms with Gasteiger partial charge in [0, 0.05) is 15.9 Å². The first-order valence-electron chi connectivity index (χ1n) is 5.22. The first-order valence-corrected chi connectivity index (χ1v) is 6.89. The van der Waals surface area contributed by atoms with Crippen LogP contribution in [0.3, 0.4) is 0 Å². The largest absolute Gasteiger partial charge is 0.298 e. The average molecular weight is 276 g/mol. The molecule has 0 bridgehead atoms. The molecule has 0 N–H and O–H groups in total. The Kier molecular flexibility index (Phi) is 5.75. The third kappa shape index (κ3) is 3.71. The predicted molar refractivity (Wildman–Crippen MR) is 67.9 cm³/mol. The van der Waals surface area contributed by atoms with Crippen molar-refractivity contribution in [1.82, 2.24) is 4.90 Å². The summed E-state index contributed by atoms with van der Waals surface area (Å²) in [6.45, 7) is 7.99. The van der Waals surface area contributed by atoms with Crippen molar-refractivity contribution >= 4 is 27.3 Å². The molecule has 0 aliphatic carbocycles. The van der Waals surface area contributed by atoms with Crippen molar-refractivity contribution in [2.24, 2.45) is 0 Å². The van der Waals surface area contributed by atoms with Crippen molar-refractivity contribution in [3.63, 3.8) is 0 Å². The van der Waals surface area contributed by atoms with Gasteiger partial charge in [0.25, 0.3) is 0 Å².